The lowest BCUT2D eigenvalue weighted by Crippen LogP contribution is -2.38. The summed E-state index contributed by atoms with van der Waals surface area (Å²) in [5, 5.41) is 22.5. The third-order valence-electron chi connectivity index (χ3n) is 7.76. The Morgan fingerprint density at radius 3 is 2.52 bits per heavy atom. The van der Waals surface area contributed by atoms with Gasteiger partial charge in [0.25, 0.3) is 5.56 Å². The fraction of sp³-hybridized carbons (Fsp3) is 0.444. The monoisotopic (exact) mass is 543 g/mol. The number of amidine groups is 1. The van der Waals surface area contributed by atoms with Crippen molar-refractivity contribution in [2.45, 2.75) is 44.6 Å². The van der Waals surface area contributed by atoms with Crippen LogP contribution < -0.4 is 22.5 Å². The van der Waals surface area contributed by atoms with E-state index in [0.29, 0.717) is 54.3 Å². The average Bonchev–Trinajstić information content (AvgIpc) is 2.98. The van der Waals surface area contributed by atoms with E-state index in [1.165, 1.54) is 11.8 Å². The van der Waals surface area contributed by atoms with E-state index >= 15 is 0 Å². The van der Waals surface area contributed by atoms with Crippen molar-refractivity contribution in [1.29, 1.82) is 5.26 Å². The molecule has 0 saturated carbocycles. The number of aromatic amines is 1. The predicted octanol–water partition coefficient (Wildman–Crippen LogP) is 1.52. The number of carbonyl (C=O) groups excluding carboxylic acids is 1. The van der Waals surface area contributed by atoms with Crippen molar-refractivity contribution in [3.63, 3.8) is 0 Å². The Hall–Kier alpha value is -4.57. The van der Waals surface area contributed by atoms with Crippen LogP contribution in [0.15, 0.2) is 40.4 Å². The number of benzene rings is 1. The van der Waals surface area contributed by atoms with Gasteiger partial charge in [0, 0.05) is 37.2 Å². The zero-order chi connectivity index (χ0) is 28.1. The molecule has 1 aromatic carbocycles. The van der Waals surface area contributed by atoms with Crippen LogP contribution >= 0.6 is 0 Å². The molecule has 2 saturated heterocycles. The van der Waals surface area contributed by atoms with E-state index in [1.54, 1.807) is 4.90 Å². The maximum absolute atomic E-state index is 12.7. The molecular formula is C27H33N11O2. The summed E-state index contributed by atoms with van der Waals surface area (Å²) in [5.74, 6) is 7.00. The number of nitriles is 1. The first-order valence-electron chi connectivity index (χ1n) is 13.5. The van der Waals surface area contributed by atoms with E-state index in [1.807, 2.05) is 18.2 Å². The molecule has 6 N–H and O–H groups in total. The number of likely N-dealkylation sites (tertiary alicyclic amines) is 2. The van der Waals surface area contributed by atoms with Crippen LogP contribution in [-0.4, -0.2) is 67.9 Å². The maximum atomic E-state index is 12.7. The molecule has 0 aliphatic carbocycles. The highest BCUT2D eigenvalue weighted by Crippen LogP contribution is 2.30. The number of fused-ring (bicyclic) bond motifs is 1. The van der Waals surface area contributed by atoms with Crippen molar-refractivity contribution in [2.24, 2.45) is 22.6 Å². The number of hydrogen-bond acceptors (Lipinski definition) is 10. The molecular weight excluding hydrogens is 510 g/mol. The number of anilines is 2. The Balaban J connectivity index is 1.29. The quantitative estimate of drug-likeness (QED) is 0.147. The van der Waals surface area contributed by atoms with Crippen molar-refractivity contribution in [3.05, 3.63) is 52.2 Å². The molecule has 208 valence electrons. The Labute approximate surface area is 231 Å². The topological polar surface area (TPSA) is 195 Å². The molecule has 13 nitrogen and oxygen atoms in total. The van der Waals surface area contributed by atoms with Gasteiger partial charge in [0.15, 0.2) is 0 Å². The van der Waals surface area contributed by atoms with Gasteiger partial charge in [-0.05, 0) is 56.5 Å². The zero-order valence-electron chi connectivity index (χ0n) is 22.2. The van der Waals surface area contributed by atoms with Gasteiger partial charge in [-0.2, -0.15) is 15.5 Å². The highest BCUT2D eigenvalue weighted by molar-refractivity contribution is 5.89. The molecule has 0 unspecified atom stereocenters. The number of H-pyrrole nitrogens is 1. The molecule has 3 aromatic rings. The van der Waals surface area contributed by atoms with Crippen molar-refractivity contribution < 1.29 is 4.79 Å². The summed E-state index contributed by atoms with van der Waals surface area (Å²) >= 11 is 0. The van der Waals surface area contributed by atoms with Crippen molar-refractivity contribution in [2.75, 3.05) is 31.5 Å². The summed E-state index contributed by atoms with van der Waals surface area (Å²) in [4.78, 5) is 38.3. The van der Waals surface area contributed by atoms with E-state index in [2.05, 4.69) is 42.6 Å². The second kappa shape index (κ2) is 12.1. The van der Waals surface area contributed by atoms with Gasteiger partial charge in [0.05, 0.1) is 12.3 Å². The predicted molar refractivity (Wildman–Crippen MR) is 150 cm³/mol. The molecule has 1 amide bonds. The lowest BCUT2D eigenvalue weighted by molar-refractivity contribution is -0.131. The summed E-state index contributed by atoms with van der Waals surface area (Å²) in [6.45, 7) is 3.76. The second-order valence-corrected chi connectivity index (χ2v) is 10.3. The molecule has 0 bridgehead atoms. The standard InChI is InChI=1S/C27H33N11O2/c28-10-5-22(39)38-13-8-19(9-14-38)25-33-21-15-31-36-27(40)23(21)26(34-25)32-20-3-1-17(2-4-20)16-37-11-6-18(7-12-37)24(29)35-30/h1-4,15,18-19H,5-9,11-14,16,30H2,(H2,29,35)(H,36,40)(H,32,33,34). The summed E-state index contributed by atoms with van der Waals surface area (Å²) < 4.78 is 0. The molecule has 40 heavy (non-hydrogen) atoms. The van der Waals surface area contributed by atoms with Crippen LogP contribution in [0.1, 0.15) is 49.4 Å². The number of nitrogens with two attached hydrogens (primary N) is 2. The third-order valence-corrected chi connectivity index (χ3v) is 7.76. The Morgan fingerprint density at radius 2 is 1.85 bits per heavy atom. The minimum atomic E-state index is -0.371. The van der Waals surface area contributed by atoms with E-state index in [4.69, 9.17) is 21.8 Å². The Bertz CT molecular complexity index is 1480. The smallest absolute Gasteiger partial charge is 0.277 e. The van der Waals surface area contributed by atoms with E-state index < -0.39 is 0 Å². The van der Waals surface area contributed by atoms with Crippen LogP contribution in [0.2, 0.25) is 0 Å². The Kier molecular flexibility index (Phi) is 8.16. The molecule has 5 rings (SSSR count). The SMILES string of the molecule is N#CCC(=O)N1CCC(c2nc(Nc3ccc(CN4CCC(/C(N)=N/N)CC4)cc3)c3c(=O)[nH]ncc3n2)CC1. The van der Waals surface area contributed by atoms with E-state index in [0.717, 1.165) is 38.2 Å². The molecule has 0 atom stereocenters. The van der Waals surface area contributed by atoms with Gasteiger partial charge in [0.2, 0.25) is 5.91 Å². The van der Waals surface area contributed by atoms with Gasteiger partial charge in [-0.1, -0.05) is 12.1 Å². The first-order valence-corrected chi connectivity index (χ1v) is 13.5. The van der Waals surface area contributed by atoms with Gasteiger partial charge in [0.1, 0.15) is 34.8 Å². The summed E-state index contributed by atoms with van der Waals surface area (Å²) in [6.07, 6.45) is 4.64. The number of amides is 1. The van der Waals surface area contributed by atoms with Crippen LogP contribution in [0, 0.1) is 17.2 Å². The summed E-state index contributed by atoms with van der Waals surface area (Å²) in [7, 11) is 0. The van der Waals surface area contributed by atoms with Gasteiger partial charge < -0.3 is 21.8 Å². The number of aromatic nitrogens is 4. The highest BCUT2D eigenvalue weighted by Gasteiger charge is 2.27. The fourth-order valence-corrected chi connectivity index (χ4v) is 5.44. The molecule has 2 aromatic heterocycles. The van der Waals surface area contributed by atoms with Crippen LogP contribution in [-0.2, 0) is 11.3 Å². The average molecular weight is 544 g/mol. The minimum absolute atomic E-state index is 0.0216. The molecule has 2 aliphatic rings. The maximum Gasteiger partial charge on any atom is 0.277 e. The lowest BCUT2D eigenvalue weighted by atomic mass is 9.95. The lowest BCUT2D eigenvalue weighted by Gasteiger charge is -2.31. The molecule has 2 fully saturated rings. The van der Waals surface area contributed by atoms with Gasteiger partial charge in [-0.25, -0.2) is 15.1 Å². The van der Waals surface area contributed by atoms with Gasteiger partial charge >= 0.3 is 0 Å². The van der Waals surface area contributed by atoms with Crippen LogP contribution in [0.5, 0.6) is 0 Å². The first kappa shape index (κ1) is 27.0. The number of nitrogens with one attached hydrogen (secondary N) is 2. The second-order valence-electron chi connectivity index (χ2n) is 10.3. The highest BCUT2D eigenvalue weighted by atomic mass is 16.2. The first-order chi connectivity index (χ1) is 19.4. The third kappa shape index (κ3) is 6.02. The number of hydrogen-bond donors (Lipinski definition) is 4. The number of piperidine rings is 2. The van der Waals surface area contributed by atoms with Crippen molar-refractivity contribution in [3.8, 4) is 6.07 Å². The van der Waals surface area contributed by atoms with E-state index in [-0.39, 0.29) is 29.7 Å². The van der Waals surface area contributed by atoms with Crippen LogP contribution in [0.3, 0.4) is 0 Å². The molecule has 13 heteroatoms. The van der Waals surface area contributed by atoms with Crippen molar-refractivity contribution >= 4 is 34.2 Å². The van der Waals surface area contributed by atoms with Crippen molar-refractivity contribution in [1.82, 2.24) is 30.0 Å². The largest absolute Gasteiger partial charge is 0.386 e. The molecule has 0 spiro atoms. The fourth-order valence-electron chi connectivity index (χ4n) is 5.44. The normalized spacial score (nSPS) is 17.6. The Morgan fingerprint density at radius 1 is 1.12 bits per heavy atom. The number of nitrogens with zero attached hydrogens (tertiary/aromatic N) is 7. The zero-order valence-corrected chi connectivity index (χ0v) is 22.2. The van der Waals surface area contributed by atoms with Crippen LogP contribution in [0.4, 0.5) is 11.5 Å². The van der Waals surface area contributed by atoms with Gasteiger partial charge in [-0.15, -0.1) is 0 Å². The summed E-state index contributed by atoms with van der Waals surface area (Å²) in [6, 6.07) is 10.00. The van der Waals surface area contributed by atoms with E-state index in [9.17, 15) is 9.59 Å². The van der Waals surface area contributed by atoms with Gasteiger partial charge in [-0.3, -0.25) is 14.5 Å². The number of hydrazone groups is 1. The molecule has 4 heterocycles. The minimum Gasteiger partial charge on any atom is -0.386 e. The number of carbonyl (C=O) groups is 1. The molecule has 2 aliphatic heterocycles. The summed E-state index contributed by atoms with van der Waals surface area (Å²) in [5.41, 5.74) is 7.95. The van der Waals surface area contributed by atoms with Crippen LogP contribution in [0.25, 0.3) is 10.9 Å². The molecule has 0 radical (unpaired) electrons. The number of rotatable bonds is 7.